The van der Waals surface area contributed by atoms with E-state index < -0.39 is 15.8 Å². The van der Waals surface area contributed by atoms with Crippen molar-refractivity contribution in [1.29, 1.82) is 0 Å². The molecule has 0 saturated carbocycles. The van der Waals surface area contributed by atoms with Crippen LogP contribution in [0.15, 0.2) is 34.3 Å². The van der Waals surface area contributed by atoms with Crippen LogP contribution in [0.2, 0.25) is 0 Å². The Hall–Kier alpha value is -1.71. The van der Waals surface area contributed by atoms with E-state index in [9.17, 15) is 12.8 Å². The third kappa shape index (κ3) is 3.69. The summed E-state index contributed by atoms with van der Waals surface area (Å²) in [6, 6.07) is 4.77. The smallest absolute Gasteiger partial charge is 0.243 e. The molecule has 0 amide bonds. The predicted molar refractivity (Wildman–Crippen MR) is 75.0 cm³/mol. The normalized spacial score (nSPS) is 18.8. The van der Waals surface area contributed by atoms with Gasteiger partial charge in [0, 0.05) is 26.2 Å². The number of oxime groups is 1. The molecule has 1 saturated heterocycles. The van der Waals surface area contributed by atoms with Crippen molar-refractivity contribution in [2.24, 2.45) is 10.9 Å². The van der Waals surface area contributed by atoms with Gasteiger partial charge in [0.1, 0.15) is 5.82 Å². The molecule has 1 aromatic carbocycles. The average molecular weight is 316 g/mol. The Morgan fingerprint density at radius 1 is 1.24 bits per heavy atom. The summed E-state index contributed by atoms with van der Waals surface area (Å²) in [5.74, 6) is -0.387. The van der Waals surface area contributed by atoms with Gasteiger partial charge in [-0.15, -0.1) is 0 Å². The van der Waals surface area contributed by atoms with Crippen LogP contribution in [0, 0.1) is 5.82 Å². The maximum Gasteiger partial charge on any atom is 0.243 e. The summed E-state index contributed by atoms with van der Waals surface area (Å²) in [6.45, 7) is 1.87. The Morgan fingerprint density at radius 3 is 2.33 bits per heavy atom. The Balaban J connectivity index is 2.02. The largest absolute Gasteiger partial charge is 0.409 e. The number of piperazine rings is 1. The first-order valence-corrected chi connectivity index (χ1v) is 7.82. The summed E-state index contributed by atoms with van der Waals surface area (Å²) in [5, 5.41) is 11.4. The van der Waals surface area contributed by atoms with Crippen LogP contribution in [0.4, 0.5) is 4.39 Å². The molecule has 9 heteroatoms. The number of sulfonamides is 1. The monoisotopic (exact) mass is 316 g/mol. The highest BCUT2D eigenvalue weighted by atomic mass is 32.2. The molecule has 116 valence electrons. The van der Waals surface area contributed by atoms with Crippen LogP contribution < -0.4 is 5.73 Å². The molecule has 1 heterocycles. The van der Waals surface area contributed by atoms with Crippen molar-refractivity contribution >= 4 is 15.9 Å². The molecule has 0 unspecified atom stereocenters. The number of amidine groups is 1. The average Bonchev–Trinajstić information content (AvgIpc) is 2.48. The SMILES string of the molecule is NC(CN1CCN(S(=O)(=O)c2ccc(F)cc2)CC1)=NO. The van der Waals surface area contributed by atoms with Crippen molar-refractivity contribution in [1.82, 2.24) is 9.21 Å². The summed E-state index contributed by atoms with van der Waals surface area (Å²) in [6.07, 6.45) is 0. The molecule has 1 fully saturated rings. The lowest BCUT2D eigenvalue weighted by atomic mass is 10.3. The molecule has 0 aliphatic carbocycles. The fraction of sp³-hybridized carbons (Fsp3) is 0.417. The number of nitrogens with two attached hydrogens (primary N) is 1. The van der Waals surface area contributed by atoms with Crippen LogP contribution in [0.1, 0.15) is 0 Å². The van der Waals surface area contributed by atoms with Gasteiger partial charge in [0.05, 0.1) is 11.4 Å². The molecule has 2 rings (SSSR count). The van der Waals surface area contributed by atoms with E-state index in [1.54, 1.807) is 0 Å². The lowest BCUT2D eigenvalue weighted by molar-refractivity contribution is 0.206. The highest BCUT2D eigenvalue weighted by Crippen LogP contribution is 2.17. The summed E-state index contributed by atoms with van der Waals surface area (Å²) in [4.78, 5) is 1.97. The van der Waals surface area contributed by atoms with E-state index in [0.717, 1.165) is 12.1 Å². The van der Waals surface area contributed by atoms with Crippen molar-refractivity contribution in [2.75, 3.05) is 32.7 Å². The zero-order valence-corrected chi connectivity index (χ0v) is 12.1. The minimum Gasteiger partial charge on any atom is -0.409 e. The molecular formula is C12H17FN4O3S. The molecule has 1 aliphatic rings. The molecule has 21 heavy (non-hydrogen) atoms. The topological polar surface area (TPSA) is 99.2 Å². The van der Waals surface area contributed by atoms with Crippen molar-refractivity contribution in [2.45, 2.75) is 4.90 Å². The Labute approximate surface area is 122 Å². The van der Waals surface area contributed by atoms with Crippen molar-refractivity contribution in [3.05, 3.63) is 30.1 Å². The zero-order chi connectivity index (χ0) is 15.5. The van der Waals surface area contributed by atoms with E-state index in [2.05, 4.69) is 5.16 Å². The minimum atomic E-state index is -3.61. The number of rotatable bonds is 4. The fourth-order valence-electron chi connectivity index (χ4n) is 2.14. The first-order chi connectivity index (χ1) is 9.93. The standard InChI is InChI=1S/C12H17FN4O3S/c13-10-1-3-11(4-2-10)21(19,20)17-7-5-16(6-8-17)9-12(14)15-18/h1-4,18H,5-9H2,(H2,14,15). The lowest BCUT2D eigenvalue weighted by Gasteiger charge is -2.33. The summed E-state index contributed by atoms with van der Waals surface area (Å²) >= 11 is 0. The molecule has 0 radical (unpaired) electrons. The van der Waals surface area contributed by atoms with Gasteiger partial charge < -0.3 is 10.9 Å². The van der Waals surface area contributed by atoms with E-state index in [4.69, 9.17) is 10.9 Å². The zero-order valence-electron chi connectivity index (χ0n) is 11.3. The quantitative estimate of drug-likeness (QED) is 0.349. The fourth-order valence-corrected chi connectivity index (χ4v) is 3.57. The molecule has 3 N–H and O–H groups in total. The molecule has 7 nitrogen and oxygen atoms in total. The maximum atomic E-state index is 12.9. The van der Waals surface area contributed by atoms with Gasteiger partial charge in [-0.05, 0) is 24.3 Å². The van der Waals surface area contributed by atoms with Gasteiger partial charge >= 0.3 is 0 Å². The second-order valence-corrected chi connectivity index (χ2v) is 6.66. The first kappa shape index (κ1) is 15.7. The van der Waals surface area contributed by atoms with E-state index in [0.29, 0.717) is 32.7 Å². The van der Waals surface area contributed by atoms with Crippen molar-refractivity contribution in [3.8, 4) is 0 Å². The molecule has 0 bridgehead atoms. The minimum absolute atomic E-state index is 0.0776. The molecule has 0 atom stereocenters. The Kier molecular flexibility index (Phi) is 4.76. The Morgan fingerprint density at radius 2 is 1.81 bits per heavy atom. The number of hydrogen-bond donors (Lipinski definition) is 2. The third-order valence-electron chi connectivity index (χ3n) is 3.30. The molecule has 0 aromatic heterocycles. The van der Waals surface area contributed by atoms with Gasteiger partial charge in [-0.1, -0.05) is 5.16 Å². The molecule has 0 spiro atoms. The Bertz CT molecular complexity index is 610. The molecule has 1 aromatic rings. The highest BCUT2D eigenvalue weighted by molar-refractivity contribution is 7.89. The van der Waals surface area contributed by atoms with Gasteiger partial charge in [0.15, 0.2) is 5.84 Å². The summed E-state index contributed by atoms with van der Waals surface area (Å²) < 4.78 is 39.0. The van der Waals surface area contributed by atoms with Crippen molar-refractivity contribution < 1.29 is 18.0 Å². The van der Waals surface area contributed by atoms with E-state index in [1.165, 1.54) is 16.4 Å². The number of halogens is 1. The number of hydrogen-bond acceptors (Lipinski definition) is 5. The van der Waals surface area contributed by atoms with Gasteiger partial charge in [-0.3, -0.25) is 4.90 Å². The predicted octanol–water partition coefficient (Wildman–Crippen LogP) is -0.122. The van der Waals surface area contributed by atoms with Crippen LogP contribution in [-0.4, -0.2) is 61.4 Å². The van der Waals surface area contributed by atoms with E-state index in [1.807, 2.05) is 4.90 Å². The summed E-state index contributed by atoms with van der Waals surface area (Å²) in [5.41, 5.74) is 5.42. The maximum absolute atomic E-state index is 12.9. The van der Waals surface area contributed by atoms with E-state index in [-0.39, 0.29) is 10.7 Å². The van der Waals surface area contributed by atoms with Gasteiger partial charge in [0.2, 0.25) is 10.0 Å². The van der Waals surface area contributed by atoms with E-state index >= 15 is 0 Å². The van der Waals surface area contributed by atoms with Gasteiger partial charge in [0.25, 0.3) is 0 Å². The van der Waals surface area contributed by atoms with Crippen LogP contribution in [-0.2, 0) is 10.0 Å². The number of benzene rings is 1. The molecule has 1 aliphatic heterocycles. The third-order valence-corrected chi connectivity index (χ3v) is 5.21. The van der Waals surface area contributed by atoms with Gasteiger partial charge in [-0.25, -0.2) is 12.8 Å². The first-order valence-electron chi connectivity index (χ1n) is 6.38. The number of nitrogens with zero attached hydrogens (tertiary/aromatic N) is 3. The summed E-state index contributed by atoms with van der Waals surface area (Å²) in [7, 11) is -3.61. The second kappa shape index (κ2) is 6.37. The van der Waals surface area contributed by atoms with Gasteiger partial charge in [-0.2, -0.15) is 4.31 Å². The lowest BCUT2D eigenvalue weighted by Crippen LogP contribution is -2.50. The second-order valence-electron chi connectivity index (χ2n) is 4.73. The van der Waals surface area contributed by atoms with Crippen LogP contribution in [0.3, 0.4) is 0 Å². The van der Waals surface area contributed by atoms with Crippen LogP contribution >= 0.6 is 0 Å². The molecular weight excluding hydrogens is 299 g/mol. The van der Waals surface area contributed by atoms with Crippen LogP contribution in [0.25, 0.3) is 0 Å². The van der Waals surface area contributed by atoms with Crippen molar-refractivity contribution in [3.63, 3.8) is 0 Å². The highest BCUT2D eigenvalue weighted by Gasteiger charge is 2.28. The van der Waals surface area contributed by atoms with Crippen LogP contribution in [0.5, 0.6) is 0 Å².